The Morgan fingerprint density at radius 3 is 2.57 bits per heavy atom. The van der Waals surface area contributed by atoms with Gasteiger partial charge < -0.3 is 28.7 Å². The Balaban J connectivity index is 1.74. The average molecular weight is 385 g/mol. The number of quaternary nitrogens is 1. The highest BCUT2D eigenvalue weighted by atomic mass is 16.7. The third-order valence-corrected chi connectivity index (χ3v) is 5.48. The fourth-order valence-corrected chi connectivity index (χ4v) is 4.01. The van der Waals surface area contributed by atoms with E-state index >= 15 is 0 Å². The minimum Gasteiger partial charge on any atom is -0.497 e. The molecule has 0 spiro atoms. The lowest BCUT2D eigenvalue weighted by Gasteiger charge is -2.42. The number of fused-ring (bicyclic) bond motifs is 2. The van der Waals surface area contributed by atoms with Crippen molar-refractivity contribution in [1.82, 2.24) is 0 Å². The topological polar surface area (TPSA) is 66.0 Å². The van der Waals surface area contributed by atoms with Crippen molar-refractivity contribution in [3.63, 3.8) is 0 Å². The first kappa shape index (κ1) is 18.4. The van der Waals surface area contributed by atoms with Gasteiger partial charge in [0, 0.05) is 12.1 Å². The van der Waals surface area contributed by atoms with E-state index in [0.29, 0.717) is 21.7 Å². The molecule has 148 valence electrons. The number of nitrogens with one attached hydrogen (secondary N) is 1. The van der Waals surface area contributed by atoms with Crippen LogP contribution >= 0.6 is 0 Å². The number of ether oxygens (including phenoxy) is 4. The normalized spacial score (nSPS) is 18.9. The summed E-state index contributed by atoms with van der Waals surface area (Å²) < 4.78 is 22.6. The first-order valence-corrected chi connectivity index (χ1v) is 9.21. The zero-order valence-electron chi connectivity index (χ0n) is 16.6. The number of hydrogen-bond donors (Lipinski definition) is 1. The standard InChI is InChI=1S/C21H24N2O5/c1-23(2)10-9-13-11-16-19(28-12-27-16)20(26-4)17(13)18(23)21(24)22-14-5-7-15(25-3)8-6-14/h5-8,11,18H,9-10,12H2,1-4H3/p+1/t18-/m0/s1. The number of rotatable bonds is 4. The van der Waals surface area contributed by atoms with E-state index in [1.807, 2.05) is 30.3 Å². The predicted molar refractivity (Wildman–Crippen MR) is 104 cm³/mol. The highest BCUT2D eigenvalue weighted by molar-refractivity contribution is 5.96. The van der Waals surface area contributed by atoms with Gasteiger partial charge in [-0.1, -0.05) is 0 Å². The lowest BCUT2D eigenvalue weighted by atomic mass is 9.88. The quantitative estimate of drug-likeness (QED) is 0.820. The molecule has 0 unspecified atom stereocenters. The van der Waals surface area contributed by atoms with Gasteiger partial charge in [0.05, 0.1) is 40.4 Å². The van der Waals surface area contributed by atoms with Crippen molar-refractivity contribution < 1.29 is 28.2 Å². The molecule has 2 aromatic carbocycles. The predicted octanol–water partition coefficient (Wildman–Crippen LogP) is 2.74. The van der Waals surface area contributed by atoms with Crippen LogP contribution in [0, 0.1) is 0 Å². The number of benzene rings is 2. The van der Waals surface area contributed by atoms with Gasteiger partial charge in [-0.25, -0.2) is 0 Å². The molecular formula is C21H25N2O5+. The molecule has 0 saturated carbocycles. The molecule has 4 rings (SSSR count). The first-order valence-electron chi connectivity index (χ1n) is 9.21. The molecule has 7 heteroatoms. The second-order valence-electron chi connectivity index (χ2n) is 7.59. The maximum Gasteiger partial charge on any atom is 0.287 e. The van der Waals surface area contributed by atoms with Gasteiger partial charge in [0.15, 0.2) is 17.5 Å². The van der Waals surface area contributed by atoms with Gasteiger partial charge in [0.2, 0.25) is 12.5 Å². The van der Waals surface area contributed by atoms with Gasteiger partial charge in [-0.05, 0) is 35.9 Å². The fourth-order valence-electron chi connectivity index (χ4n) is 4.01. The lowest BCUT2D eigenvalue weighted by molar-refractivity contribution is -0.913. The van der Waals surface area contributed by atoms with E-state index in [-0.39, 0.29) is 12.7 Å². The van der Waals surface area contributed by atoms with Crippen LogP contribution in [-0.2, 0) is 11.2 Å². The van der Waals surface area contributed by atoms with Crippen LogP contribution in [0.4, 0.5) is 5.69 Å². The summed E-state index contributed by atoms with van der Waals surface area (Å²) in [4.78, 5) is 13.4. The molecule has 0 fully saturated rings. The molecule has 0 saturated heterocycles. The summed E-state index contributed by atoms with van der Waals surface area (Å²) in [5.74, 6) is 2.49. The molecule has 0 bridgehead atoms. The summed E-state index contributed by atoms with van der Waals surface area (Å²) in [7, 11) is 7.34. The highest BCUT2D eigenvalue weighted by Gasteiger charge is 2.45. The van der Waals surface area contributed by atoms with Crippen molar-refractivity contribution >= 4 is 11.6 Å². The van der Waals surface area contributed by atoms with Gasteiger partial charge in [0.1, 0.15) is 5.75 Å². The largest absolute Gasteiger partial charge is 0.497 e. The first-order chi connectivity index (χ1) is 13.4. The second-order valence-corrected chi connectivity index (χ2v) is 7.59. The van der Waals surface area contributed by atoms with Crippen LogP contribution in [0.3, 0.4) is 0 Å². The molecule has 0 aromatic heterocycles. The lowest BCUT2D eigenvalue weighted by Crippen LogP contribution is -2.52. The number of hydrogen-bond acceptors (Lipinski definition) is 5. The monoisotopic (exact) mass is 385 g/mol. The number of anilines is 1. The van der Waals surface area contributed by atoms with Gasteiger partial charge in [0.25, 0.3) is 5.91 Å². The van der Waals surface area contributed by atoms with Crippen LogP contribution in [0.2, 0.25) is 0 Å². The Hall–Kier alpha value is -2.93. The van der Waals surface area contributed by atoms with Gasteiger partial charge >= 0.3 is 0 Å². The molecule has 2 aliphatic heterocycles. The van der Waals surface area contributed by atoms with Gasteiger partial charge in [-0.3, -0.25) is 4.79 Å². The Morgan fingerprint density at radius 2 is 1.89 bits per heavy atom. The number of carbonyl (C=O) groups is 1. The average Bonchev–Trinajstić information content (AvgIpc) is 3.14. The third kappa shape index (κ3) is 3.01. The fraction of sp³-hybridized carbons (Fsp3) is 0.381. The molecule has 7 nitrogen and oxygen atoms in total. The molecule has 2 heterocycles. The molecule has 2 aromatic rings. The van der Waals surface area contributed by atoms with Crippen LogP contribution in [0.5, 0.6) is 23.0 Å². The molecule has 1 atom stereocenters. The molecule has 28 heavy (non-hydrogen) atoms. The zero-order valence-corrected chi connectivity index (χ0v) is 16.6. The van der Waals surface area contributed by atoms with Gasteiger partial charge in [-0.2, -0.15) is 0 Å². The highest BCUT2D eigenvalue weighted by Crippen LogP contribution is 2.50. The number of methoxy groups -OCH3 is 2. The van der Waals surface area contributed by atoms with Crippen LogP contribution in [0.15, 0.2) is 30.3 Å². The van der Waals surface area contributed by atoms with Crippen molar-refractivity contribution in [1.29, 1.82) is 0 Å². The second kappa shape index (κ2) is 6.91. The summed E-state index contributed by atoms with van der Waals surface area (Å²) >= 11 is 0. The van der Waals surface area contributed by atoms with E-state index in [0.717, 1.165) is 35.5 Å². The molecule has 0 aliphatic carbocycles. The summed E-state index contributed by atoms with van der Waals surface area (Å²) in [5.41, 5.74) is 2.65. The Morgan fingerprint density at radius 1 is 1.14 bits per heavy atom. The van der Waals surface area contributed by atoms with E-state index in [2.05, 4.69) is 19.4 Å². The van der Waals surface area contributed by atoms with E-state index in [4.69, 9.17) is 18.9 Å². The van der Waals surface area contributed by atoms with Crippen LogP contribution in [-0.4, -0.2) is 52.0 Å². The summed E-state index contributed by atoms with van der Waals surface area (Å²) in [6.07, 6.45) is 0.835. The number of nitrogens with zero attached hydrogens (tertiary/aromatic N) is 1. The summed E-state index contributed by atoms with van der Waals surface area (Å²) in [6, 6.07) is 8.85. The van der Waals surface area contributed by atoms with Crippen molar-refractivity contribution in [3.8, 4) is 23.0 Å². The third-order valence-electron chi connectivity index (χ3n) is 5.48. The van der Waals surface area contributed by atoms with Crippen molar-refractivity contribution in [3.05, 3.63) is 41.5 Å². The maximum absolute atomic E-state index is 13.4. The van der Waals surface area contributed by atoms with E-state index in [9.17, 15) is 4.79 Å². The molecule has 2 aliphatic rings. The number of likely N-dealkylation sites (N-methyl/N-ethyl adjacent to an activating group) is 1. The zero-order chi connectivity index (χ0) is 19.9. The van der Waals surface area contributed by atoms with E-state index in [1.165, 1.54) is 0 Å². The SMILES string of the molecule is COc1ccc(NC(=O)[C@@H]2c3c(cc4c(c3OC)OCO4)CC[N+]2(C)C)cc1. The van der Waals surface area contributed by atoms with Crippen LogP contribution < -0.4 is 24.3 Å². The summed E-state index contributed by atoms with van der Waals surface area (Å²) in [5, 5.41) is 3.04. The Bertz CT molecular complexity index is 908. The van der Waals surface area contributed by atoms with Crippen molar-refractivity contribution in [2.24, 2.45) is 0 Å². The van der Waals surface area contributed by atoms with Crippen molar-refractivity contribution in [2.45, 2.75) is 12.5 Å². The molecule has 1 amide bonds. The maximum atomic E-state index is 13.4. The van der Waals surface area contributed by atoms with E-state index in [1.54, 1.807) is 14.2 Å². The minimum atomic E-state index is -0.435. The Kier molecular flexibility index (Phi) is 4.55. The van der Waals surface area contributed by atoms with Gasteiger partial charge in [-0.15, -0.1) is 0 Å². The van der Waals surface area contributed by atoms with Crippen molar-refractivity contribution in [2.75, 3.05) is 47.0 Å². The van der Waals surface area contributed by atoms with Crippen LogP contribution in [0.1, 0.15) is 17.2 Å². The molecular weight excluding hydrogens is 360 g/mol. The smallest absolute Gasteiger partial charge is 0.287 e. The minimum absolute atomic E-state index is 0.0896. The Labute approximate surface area is 164 Å². The number of carbonyl (C=O) groups excluding carboxylic acids is 1. The number of amides is 1. The molecule has 0 radical (unpaired) electrons. The van der Waals surface area contributed by atoms with E-state index < -0.39 is 6.04 Å². The molecule has 1 N–H and O–H groups in total. The summed E-state index contributed by atoms with van der Waals surface area (Å²) in [6.45, 7) is 0.992. The van der Waals surface area contributed by atoms with Crippen LogP contribution in [0.25, 0.3) is 0 Å².